The molecule has 0 aliphatic heterocycles. The highest BCUT2D eigenvalue weighted by Gasteiger charge is 2.20. The molecular formula is C13H25N5O5. The van der Waals surface area contributed by atoms with Gasteiger partial charge in [0.25, 0.3) is 0 Å². The van der Waals surface area contributed by atoms with Crippen LogP contribution >= 0.6 is 0 Å². The van der Waals surface area contributed by atoms with E-state index in [1.807, 2.05) is 0 Å². The van der Waals surface area contributed by atoms with Crippen molar-refractivity contribution >= 4 is 23.7 Å². The number of carbonyl (C=O) groups is 4. The molecule has 0 aliphatic rings. The molecule has 0 saturated carbocycles. The van der Waals surface area contributed by atoms with E-state index in [-0.39, 0.29) is 19.3 Å². The van der Waals surface area contributed by atoms with Crippen LogP contribution in [0.3, 0.4) is 0 Å². The van der Waals surface area contributed by atoms with E-state index in [0.717, 1.165) is 0 Å². The lowest BCUT2D eigenvalue weighted by Gasteiger charge is -2.15. The first-order chi connectivity index (χ1) is 10.8. The summed E-state index contributed by atoms with van der Waals surface area (Å²) in [5.41, 5.74) is 15.8. The van der Waals surface area contributed by atoms with Crippen molar-refractivity contribution in [3.8, 4) is 0 Å². The summed E-state index contributed by atoms with van der Waals surface area (Å²) in [6, 6.07) is -2.00. The number of carboxylic acids is 1. The van der Waals surface area contributed by atoms with Gasteiger partial charge in [0, 0.05) is 6.42 Å². The van der Waals surface area contributed by atoms with Crippen LogP contribution in [-0.4, -0.2) is 54.0 Å². The van der Waals surface area contributed by atoms with E-state index in [1.54, 1.807) is 0 Å². The average molecular weight is 331 g/mol. The van der Waals surface area contributed by atoms with E-state index >= 15 is 0 Å². The number of hydrogen-bond acceptors (Lipinski definition) is 6. The maximum Gasteiger partial charge on any atom is 0.326 e. The predicted molar refractivity (Wildman–Crippen MR) is 81.9 cm³/mol. The first-order valence-electron chi connectivity index (χ1n) is 7.31. The number of hydrogen-bond donors (Lipinski definition) is 6. The van der Waals surface area contributed by atoms with Gasteiger partial charge >= 0.3 is 5.97 Å². The van der Waals surface area contributed by atoms with E-state index in [1.165, 1.54) is 0 Å². The fraction of sp³-hybridized carbons (Fsp3) is 0.692. The van der Waals surface area contributed by atoms with Crippen LogP contribution in [0.1, 0.15) is 32.1 Å². The highest BCUT2D eigenvalue weighted by Crippen LogP contribution is 2.00. The first-order valence-corrected chi connectivity index (χ1v) is 7.31. The van der Waals surface area contributed by atoms with Crippen molar-refractivity contribution in [2.75, 3.05) is 13.1 Å². The molecule has 0 aromatic heterocycles. The van der Waals surface area contributed by atoms with E-state index in [2.05, 4.69) is 10.6 Å². The molecule has 23 heavy (non-hydrogen) atoms. The molecule has 0 aromatic rings. The number of unbranched alkanes of at least 4 members (excludes halogenated alkanes) is 1. The lowest BCUT2D eigenvalue weighted by molar-refractivity contribution is -0.142. The fourth-order valence-corrected chi connectivity index (χ4v) is 1.72. The number of rotatable bonds is 12. The largest absolute Gasteiger partial charge is 0.480 e. The minimum absolute atomic E-state index is 0.0387. The zero-order chi connectivity index (χ0) is 17.8. The molecule has 10 nitrogen and oxygen atoms in total. The molecule has 132 valence electrons. The van der Waals surface area contributed by atoms with Gasteiger partial charge in [-0.15, -0.1) is 0 Å². The van der Waals surface area contributed by atoms with Gasteiger partial charge in [0.2, 0.25) is 17.7 Å². The van der Waals surface area contributed by atoms with Crippen LogP contribution < -0.4 is 27.8 Å². The smallest absolute Gasteiger partial charge is 0.326 e. The molecule has 2 atom stereocenters. The van der Waals surface area contributed by atoms with Crippen LogP contribution in [0.5, 0.6) is 0 Å². The number of primary amides is 1. The second kappa shape index (κ2) is 11.4. The summed E-state index contributed by atoms with van der Waals surface area (Å²) < 4.78 is 0. The number of amides is 3. The zero-order valence-corrected chi connectivity index (χ0v) is 12.9. The second-order valence-electron chi connectivity index (χ2n) is 5.07. The normalized spacial score (nSPS) is 13.0. The van der Waals surface area contributed by atoms with Gasteiger partial charge in [-0.3, -0.25) is 14.4 Å². The highest BCUT2D eigenvalue weighted by molar-refractivity contribution is 5.89. The quantitative estimate of drug-likeness (QED) is 0.211. The molecule has 0 aromatic carbocycles. The van der Waals surface area contributed by atoms with E-state index in [9.17, 15) is 19.2 Å². The first kappa shape index (κ1) is 20.8. The number of nitrogens with one attached hydrogen (secondary N) is 2. The van der Waals surface area contributed by atoms with E-state index in [0.29, 0.717) is 19.4 Å². The Balaban J connectivity index is 4.17. The number of aliphatic carboxylic acids is 1. The molecule has 0 spiro atoms. The van der Waals surface area contributed by atoms with E-state index < -0.39 is 42.3 Å². The summed E-state index contributed by atoms with van der Waals surface area (Å²) in [5.74, 6) is -2.98. The van der Waals surface area contributed by atoms with Gasteiger partial charge in [0.15, 0.2) is 0 Å². The van der Waals surface area contributed by atoms with Crippen LogP contribution in [-0.2, 0) is 19.2 Å². The maximum atomic E-state index is 11.7. The molecule has 0 heterocycles. The van der Waals surface area contributed by atoms with Gasteiger partial charge < -0.3 is 32.9 Å². The predicted octanol–water partition coefficient (Wildman–Crippen LogP) is -2.61. The zero-order valence-electron chi connectivity index (χ0n) is 12.9. The van der Waals surface area contributed by atoms with Gasteiger partial charge in [0.1, 0.15) is 6.04 Å². The summed E-state index contributed by atoms with van der Waals surface area (Å²) in [6.45, 7) is 0.0449. The van der Waals surface area contributed by atoms with Crippen molar-refractivity contribution in [1.82, 2.24) is 10.6 Å². The monoisotopic (exact) mass is 331 g/mol. The van der Waals surface area contributed by atoms with Crippen molar-refractivity contribution in [1.29, 1.82) is 0 Å². The van der Waals surface area contributed by atoms with Gasteiger partial charge in [-0.2, -0.15) is 0 Å². The molecule has 0 aliphatic carbocycles. The molecule has 0 unspecified atom stereocenters. The number of carbonyl (C=O) groups excluding carboxylic acids is 3. The van der Waals surface area contributed by atoms with Gasteiger partial charge in [-0.25, -0.2) is 4.79 Å². The second-order valence-corrected chi connectivity index (χ2v) is 5.07. The summed E-state index contributed by atoms with van der Waals surface area (Å²) in [5, 5.41) is 13.6. The minimum Gasteiger partial charge on any atom is -0.480 e. The standard InChI is InChI=1S/C13H25N5O5/c14-6-2-1-3-9(13(22)23)18-11(20)7-17-12(21)8(15)4-5-10(16)19/h8-9H,1-7,14-15H2,(H2,16,19)(H,17,21)(H,18,20)(H,22,23)/t8-,9-/m0/s1. The topological polar surface area (TPSA) is 191 Å². The number of nitrogens with two attached hydrogens (primary N) is 3. The Bertz CT molecular complexity index is 429. The Morgan fingerprint density at radius 3 is 2.26 bits per heavy atom. The molecule has 3 amide bonds. The molecule has 0 rings (SSSR count). The molecule has 9 N–H and O–H groups in total. The number of carboxylic acid groups (broad SMARTS) is 1. The van der Waals surface area contributed by atoms with Crippen molar-refractivity contribution in [3.05, 3.63) is 0 Å². The fourth-order valence-electron chi connectivity index (χ4n) is 1.72. The lowest BCUT2D eigenvalue weighted by Crippen LogP contribution is -2.48. The summed E-state index contributed by atoms with van der Waals surface area (Å²) >= 11 is 0. The Hall–Kier alpha value is -2.20. The molecule has 0 fully saturated rings. The van der Waals surface area contributed by atoms with E-state index in [4.69, 9.17) is 22.3 Å². The van der Waals surface area contributed by atoms with Crippen molar-refractivity contribution < 1.29 is 24.3 Å². The lowest BCUT2D eigenvalue weighted by atomic mass is 10.1. The van der Waals surface area contributed by atoms with Crippen molar-refractivity contribution in [2.45, 2.75) is 44.2 Å². The van der Waals surface area contributed by atoms with Crippen LogP contribution in [0.4, 0.5) is 0 Å². The Morgan fingerprint density at radius 2 is 1.74 bits per heavy atom. The van der Waals surface area contributed by atoms with Crippen LogP contribution in [0.15, 0.2) is 0 Å². The third-order valence-electron chi connectivity index (χ3n) is 3.04. The maximum absolute atomic E-state index is 11.7. The van der Waals surface area contributed by atoms with Gasteiger partial charge in [0.05, 0.1) is 12.6 Å². The van der Waals surface area contributed by atoms with Crippen molar-refractivity contribution in [3.63, 3.8) is 0 Å². The highest BCUT2D eigenvalue weighted by atomic mass is 16.4. The van der Waals surface area contributed by atoms with Crippen LogP contribution in [0.25, 0.3) is 0 Å². The SMILES string of the molecule is NCCCC[C@H](NC(=O)CNC(=O)[C@@H](N)CCC(N)=O)C(=O)O. The Labute approximate surface area is 134 Å². The third-order valence-corrected chi connectivity index (χ3v) is 3.04. The van der Waals surface area contributed by atoms with Crippen LogP contribution in [0.2, 0.25) is 0 Å². The summed E-state index contributed by atoms with van der Waals surface area (Å²) in [4.78, 5) is 44.9. The summed E-state index contributed by atoms with van der Waals surface area (Å²) in [6.07, 6.45) is 1.51. The molecule has 0 radical (unpaired) electrons. The third kappa shape index (κ3) is 10.2. The Kier molecular flexibility index (Phi) is 10.3. The van der Waals surface area contributed by atoms with Gasteiger partial charge in [-0.1, -0.05) is 0 Å². The van der Waals surface area contributed by atoms with Gasteiger partial charge in [-0.05, 0) is 32.2 Å². The summed E-state index contributed by atoms with van der Waals surface area (Å²) in [7, 11) is 0. The molecule has 10 heteroatoms. The molecule has 0 bridgehead atoms. The minimum atomic E-state index is -1.15. The Morgan fingerprint density at radius 1 is 1.09 bits per heavy atom. The molecule has 0 saturated heterocycles. The average Bonchev–Trinajstić information content (AvgIpc) is 2.49. The van der Waals surface area contributed by atoms with Crippen molar-refractivity contribution in [2.24, 2.45) is 17.2 Å². The van der Waals surface area contributed by atoms with Crippen LogP contribution in [0, 0.1) is 0 Å². The molecular weight excluding hydrogens is 306 g/mol.